The summed E-state index contributed by atoms with van der Waals surface area (Å²) in [7, 11) is 1.32. The van der Waals surface area contributed by atoms with Crippen LogP contribution in [0.2, 0.25) is 0 Å². The zero-order chi connectivity index (χ0) is 15.2. The Kier molecular flexibility index (Phi) is 4.89. The van der Waals surface area contributed by atoms with Crippen molar-refractivity contribution in [3.05, 3.63) is 41.7 Å². The second-order valence-corrected chi connectivity index (χ2v) is 4.60. The molecule has 0 spiro atoms. The molecule has 21 heavy (non-hydrogen) atoms. The predicted molar refractivity (Wildman–Crippen MR) is 76.7 cm³/mol. The number of benzene rings is 1. The first-order chi connectivity index (χ1) is 10.1. The number of carbonyl (C=O) groups is 1. The molecule has 1 atom stereocenters. The van der Waals surface area contributed by atoms with Crippen LogP contribution in [0.5, 0.6) is 0 Å². The Morgan fingerprint density at radius 3 is 3.00 bits per heavy atom. The van der Waals surface area contributed by atoms with E-state index in [0.717, 1.165) is 11.3 Å². The zero-order valence-corrected chi connectivity index (χ0v) is 12.0. The maximum atomic E-state index is 12.0. The van der Waals surface area contributed by atoms with Crippen molar-refractivity contribution in [2.75, 3.05) is 19.0 Å². The minimum atomic E-state index is -0.746. The summed E-state index contributed by atoms with van der Waals surface area (Å²) in [6, 6.07) is 6.91. The third-order valence-corrected chi connectivity index (χ3v) is 2.95. The van der Waals surface area contributed by atoms with E-state index in [1.165, 1.54) is 11.8 Å². The van der Waals surface area contributed by atoms with Gasteiger partial charge in [-0.1, -0.05) is 17.3 Å². The first-order valence-corrected chi connectivity index (χ1v) is 6.56. The van der Waals surface area contributed by atoms with Crippen LogP contribution in [0.15, 0.2) is 30.5 Å². The molecule has 0 aliphatic heterocycles. The summed E-state index contributed by atoms with van der Waals surface area (Å²) >= 11 is 0. The van der Waals surface area contributed by atoms with Crippen LogP contribution in [0.1, 0.15) is 17.3 Å². The number of nitrogens with one attached hydrogen (secondary N) is 1. The highest BCUT2D eigenvalue weighted by molar-refractivity contribution is 5.80. The summed E-state index contributed by atoms with van der Waals surface area (Å²) in [6.07, 6.45) is 1.61. The molecule has 0 aliphatic rings. The van der Waals surface area contributed by atoms with Crippen molar-refractivity contribution in [1.82, 2.24) is 15.0 Å². The van der Waals surface area contributed by atoms with E-state index in [1.54, 1.807) is 6.20 Å². The fraction of sp³-hybridized carbons (Fsp3) is 0.357. The Labute approximate surface area is 122 Å². The molecule has 0 fully saturated rings. The number of ether oxygens (including phenoxy) is 1. The van der Waals surface area contributed by atoms with Gasteiger partial charge in [0.25, 0.3) is 0 Å². The fourth-order valence-corrected chi connectivity index (χ4v) is 1.93. The Hall–Kier alpha value is -2.41. The van der Waals surface area contributed by atoms with E-state index in [9.17, 15) is 4.79 Å². The molecular formula is C14H18N4O3. The molecule has 1 aromatic carbocycles. The first-order valence-electron chi connectivity index (χ1n) is 6.56. The largest absolute Gasteiger partial charge is 0.467 e. The first kappa shape index (κ1) is 15.0. The molecule has 0 saturated heterocycles. The van der Waals surface area contributed by atoms with Crippen LogP contribution < -0.4 is 5.32 Å². The highest BCUT2D eigenvalue weighted by Gasteiger charge is 2.24. The molecule has 112 valence electrons. The average Bonchev–Trinajstić information content (AvgIpc) is 2.93. The number of methoxy groups -OCH3 is 1. The van der Waals surface area contributed by atoms with Crippen LogP contribution in [0.4, 0.5) is 5.69 Å². The Morgan fingerprint density at radius 2 is 2.33 bits per heavy atom. The van der Waals surface area contributed by atoms with Gasteiger partial charge in [-0.2, -0.15) is 0 Å². The van der Waals surface area contributed by atoms with E-state index in [2.05, 4.69) is 15.6 Å². The number of carbonyl (C=O) groups excluding carboxylic acids is 1. The summed E-state index contributed by atoms with van der Waals surface area (Å²) in [6.45, 7) is 2.25. The molecule has 0 bridgehead atoms. The standard InChI is InChI=1S/C14H18N4O3/c1-10-4-3-5-11(8-10)15-13(14(20)21-2)12-9-18(6-7-19)17-16-12/h3-5,8-9,13,15,19H,6-7H2,1-2H3. The number of aromatic nitrogens is 3. The molecule has 1 heterocycles. The third-order valence-electron chi connectivity index (χ3n) is 2.95. The van der Waals surface area contributed by atoms with Crippen LogP contribution in [0, 0.1) is 6.92 Å². The van der Waals surface area contributed by atoms with Gasteiger partial charge in [0.15, 0.2) is 6.04 Å². The summed E-state index contributed by atoms with van der Waals surface area (Å²) in [4.78, 5) is 12.0. The van der Waals surface area contributed by atoms with Crippen LogP contribution >= 0.6 is 0 Å². The number of nitrogens with zero attached hydrogens (tertiary/aromatic N) is 3. The molecule has 1 unspecified atom stereocenters. The van der Waals surface area contributed by atoms with Gasteiger partial charge in [-0.25, -0.2) is 9.48 Å². The van der Waals surface area contributed by atoms with Gasteiger partial charge in [-0.15, -0.1) is 5.10 Å². The quantitative estimate of drug-likeness (QED) is 0.769. The summed E-state index contributed by atoms with van der Waals surface area (Å²) in [5.74, 6) is -0.451. The molecule has 2 rings (SSSR count). The number of hydrogen-bond acceptors (Lipinski definition) is 6. The van der Waals surface area contributed by atoms with Crippen LogP contribution in [-0.4, -0.2) is 39.8 Å². The number of hydrogen-bond donors (Lipinski definition) is 2. The van der Waals surface area contributed by atoms with E-state index >= 15 is 0 Å². The van der Waals surface area contributed by atoms with Gasteiger partial charge in [0.05, 0.1) is 26.5 Å². The molecule has 2 N–H and O–H groups in total. The third kappa shape index (κ3) is 3.79. The second kappa shape index (κ2) is 6.85. The van der Waals surface area contributed by atoms with Crippen molar-refractivity contribution in [3.8, 4) is 0 Å². The lowest BCUT2D eigenvalue weighted by molar-refractivity contribution is -0.141. The molecular weight excluding hydrogens is 272 g/mol. The Bertz CT molecular complexity index is 612. The minimum absolute atomic E-state index is 0.0446. The summed E-state index contributed by atoms with van der Waals surface area (Å²) < 4.78 is 6.29. The van der Waals surface area contributed by atoms with Gasteiger partial charge in [-0.05, 0) is 24.6 Å². The van der Waals surface area contributed by atoms with E-state index in [4.69, 9.17) is 9.84 Å². The van der Waals surface area contributed by atoms with Crippen molar-refractivity contribution >= 4 is 11.7 Å². The number of anilines is 1. The number of rotatable bonds is 6. The van der Waals surface area contributed by atoms with Crippen molar-refractivity contribution in [3.63, 3.8) is 0 Å². The van der Waals surface area contributed by atoms with Crippen molar-refractivity contribution in [2.45, 2.75) is 19.5 Å². The Balaban J connectivity index is 2.23. The molecule has 7 heteroatoms. The SMILES string of the molecule is COC(=O)C(Nc1cccc(C)c1)c1cn(CCO)nn1. The summed E-state index contributed by atoms with van der Waals surface area (Å²) in [5.41, 5.74) is 2.31. The highest BCUT2D eigenvalue weighted by atomic mass is 16.5. The lowest BCUT2D eigenvalue weighted by Gasteiger charge is -2.15. The lowest BCUT2D eigenvalue weighted by atomic mass is 10.1. The normalized spacial score (nSPS) is 12.0. The highest BCUT2D eigenvalue weighted by Crippen LogP contribution is 2.20. The van der Waals surface area contributed by atoms with Gasteiger partial charge < -0.3 is 15.2 Å². The van der Waals surface area contributed by atoms with Crippen LogP contribution in [-0.2, 0) is 16.1 Å². The predicted octanol–water partition coefficient (Wildman–Crippen LogP) is 0.905. The van der Waals surface area contributed by atoms with Gasteiger partial charge in [0.2, 0.25) is 0 Å². The van der Waals surface area contributed by atoms with Crippen molar-refractivity contribution < 1.29 is 14.6 Å². The average molecular weight is 290 g/mol. The number of esters is 1. The topological polar surface area (TPSA) is 89.3 Å². The molecule has 7 nitrogen and oxygen atoms in total. The Morgan fingerprint density at radius 1 is 1.52 bits per heavy atom. The molecule has 0 radical (unpaired) electrons. The minimum Gasteiger partial charge on any atom is -0.467 e. The second-order valence-electron chi connectivity index (χ2n) is 4.60. The zero-order valence-electron chi connectivity index (χ0n) is 12.0. The lowest BCUT2D eigenvalue weighted by Crippen LogP contribution is -2.22. The van der Waals surface area contributed by atoms with Gasteiger partial charge in [-0.3, -0.25) is 0 Å². The van der Waals surface area contributed by atoms with E-state index in [0.29, 0.717) is 12.2 Å². The number of aliphatic hydroxyl groups is 1. The van der Waals surface area contributed by atoms with Crippen molar-refractivity contribution in [1.29, 1.82) is 0 Å². The van der Waals surface area contributed by atoms with Gasteiger partial charge in [0.1, 0.15) is 5.69 Å². The molecule has 0 saturated carbocycles. The molecule has 0 amide bonds. The van der Waals surface area contributed by atoms with E-state index in [-0.39, 0.29) is 6.61 Å². The maximum absolute atomic E-state index is 12.0. The smallest absolute Gasteiger partial charge is 0.334 e. The summed E-state index contributed by atoms with van der Waals surface area (Å²) in [5, 5.41) is 19.8. The van der Waals surface area contributed by atoms with E-state index in [1.807, 2.05) is 31.2 Å². The van der Waals surface area contributed by atoms with Gasteiger partial charge in [0, 0.05) is 5.69 Å². The molecule has 2 aromatic rings. The monoisotopic (exact) mass is 290 g/mol. The maximum Gasteiger partial charge on any atom is 0.334 e. The van der Waals surface area contributed by atoms with Crippen LogP contribution in [0.25, 0.3) is 0 Å². The fourth-order valence-electron chi connectivity index (χ4n) is 1.93. The van der Waals surface area contributed by atoms with Crippen molar-refractivity contribution in [2.24, 2.45) is 0 Å². The van der Waals surface area contributed by atoms with E-state index < -0.39 is 12.0 Å². The molecule has 1 aromatic heterocycles. The van der Waals surface area contributed by atoms with Gasteiger partial charge >= 0.3 is 5.97 Å². The number of aryl methyl sites for hydroxylation is 1. The molecule has 0 aliphatic carbocycles. The number of aliphatic hydroxyl groups excluding tert-OH is 1. The van der Waals surface area contributed by atoms with Crippen LogP contribution in [0.3, 0.4) is 0 Å².